The van der Waals surface area contributed by atoms with Gasteiger partial charge in [0, 0.05) is 5.69 Å². The van der Waals surface area contributed by atoms with E-state index in [4.69, 9.17) is 0 Å². The summed E-state index contributed by atoms with van der Waals surface area (Å²) in [5, 5.41) is 2.87. The van der Waals surface area contributed by atoms with Crippen LogP contribution in [-0.2, 0) is 20.8 Å². The molecule has 0 radical (unpaired) electrons. The molecule has 2 aromatic rings. The van der Waals surface area contributed by atoms with Gasteiger partial charge in [0.1, 0.15) is 6.54 Å². The highest BCUT2D eigenvalue weighted by Gasteiger charge is 2.59. The molecule has 3 aliphatic carbocycles. The van der Waals surface area contributed by atoms with Crippen molar-refractivity contribution in [1.82, 2.24) is 4.90 Å². The van der Waals surface area contributed by atoms with Crippen LogP contribution in [0.25, 0.3) is 11.1 Å². The number of rotatable bonds is 3. The molecular formula is C24H20N2O3. The number of fused-ring (bicyclic) bond motifs is 8. The Morgan fingerprint density at radius 3 is 2.38 bits per heavy atom. The smallest absolute Gasteiger partial charge is 0.244 e. The summed E-state index contributed by atoms with van der Waals surface area (Å²) < 4.78 is 0. The lowest BCUT2D eigenvalue weighted by Crippen LogP contribution is -2.39. The van der Waals surface area contributed by atoms with Gasteiger partial charge in [-0.25, -0.2) is 0 Å². The van der Waals surface area contributed by atoms with E-state index < -0.39 is 0 Å². The van der Waals surface area contributed by atoms with E-state index in [1.165, 1.54) is 21.6 Å². The third-order valence-electron chi connectivity index (χ3n) is 6.95. The molecule has 5 nitrogen and oxygen atoms in total. The molecule has 1 N–H and O–H groups in total. The maximum atomic E-state index is 12.8. The summed E-state index contributed by atoms with van der Waals surface area (Å²) in [5.74, 6) is -0.913. The first-order chi connectivity index (χ1) is 14.1. The molecule has 0 spiro atoms. The van der Waals surface area contributed by atoms with E-state index in [-0.39, 0.29) is 47.9 Å². The first-order valence-corrected chi connectivity index (χ1v) is 10.1. The van der Waals surface area contributed by atoms with Crippen molar-refractivity contribution in [2.75, 3.05) is 11.9 Å². The number of amides is 3. The molecule has 1 aliphatic heterocycles. The molecule has 6 rings (SSSR count). The third kappa shape index (κ3) is 2.36. The summed E-state index contributed by atoms with van der Waals surface area (Å²) >= 11 is 0. The minimum atomic E-state index is -0.335. The van der Waals surface area contributed by atoms with Crippen molar-refractivity contribution < 1.29 is 14.4 Å². The van der Waals surface area contributed by atoms with Crippen molar-refractivity contribution in [1.29, 1.82) is 0 Å². The van der Waals surface area contributed by atoms with E-state index in [0.29, 0.717) is 5.69 Å². The zero-order chi connectivity index (χ0) is 19.7. The number of nitrogens with zero attached hydrogens (tertiary/aromatic N) is 1. The van der Waals surface area contributed by atoms with Gasteiger partial charge < -0.3 is 5.32 Å². The molecule has 144 valence electrons. The molecule has 3 amide bonds. The van der Waals surface area contributed by atoms with Crippen molar-refractivity contribution in [3.05, 3.63) is 65.7 Å². The number of benzene rings is 2. The highest BCUT2D eigenvalue weighted by molar-refractivity contribution is 6.09. The van der Waals surface area contributed by atoms with Crippen LogP contribution in [0.4, 0.5) is 5.69 Å². The van der Waals surface area contributed by atoms with E-state index in [1.807, 2.05) is 30.3 Å². The number of likely N-dealkylation sites (tertiary alicyclic amines) is 1. The van der Waals surface area contributed by atoms with Crippen LogP contribution < -0.4 is 5.32 Å². The predicted octanol–water partition coefficient (Wildman–Crippen LogP) is 3.00. The Bertz CT molecular complexity index is 1090. The van der Waals surface area contributed by atoms with Gasteiger partial charge >= 0.3 is 0 Å². The van der Waals surface area contributed by atoms with Crippen molar-refractivity contribution in [3.8, 4) is 11.1 Å². The molecule has 2 fully saturated rings. The van der Waals surface area contributed by atoms with Gasteiger partial charge in [-0.2, -0.15) is 0 Å². The molecule has 4 atom stereocenters. The fourth-order valence-corrected chi connectivity index (χ4v) is 5.67. The third-order valence-corrected chi connectivity index (χ3v) is 6.95. The number of carbonyl (C=O) groups is 3. The molecular weight excluding hydrogens is 364 g/mol. The summed E-state index contributed by atoms with van der Waals surface area (Å²) in [4.78, 5) is 39.3. The van der Waals surface area contributed by atoms with Gasteiger partial charge in [-0.1, -0.05) is 42.5 Å². The lowest BCUT2D eigenvalue weighted by atomic mass is 9.85. The predicted molar refractivity (Wildman–Crippen MR) is 108 cm³/mol. The largest absolute Gasteiger partial charge is 0.325 e. The fraction of sp³-hybridized carbons (Fsp3) is 0.292. The van der Waals surface area contributed by atoms with Crippen molar-refractivity contribution in [2.45, 2.75) is 12.8 Å². The van der Waals surface area contributed by atoms with E-state index in [2.05, 4.69) is 29.6 Å². The molecule has 2 bridgehead atoms. The highest BCUT2D eigenvalue weighted by Crippen LogP contribution is 2.52. The molecule has 29 heavy (non-hydrogen) atoms. The van der Waals surface area contributed by atoms with Gasteiger partial charge in [-0.15, -0.1) is 0 Å². The van der Waals surface area contributed by atoms with Gasteiger partial charge in [-0.3, -0.25) is 19.3 Å². The number of nitrogens with one attached hydrogen (secondary N) is 1. The van der Waals surface area contributed by atoms with E-state index >= 15 is 0 Å². The van der Waals surface area contributed by atoms with Crippen LogP contribution in [0, 0.1) is 23.7 Å². The highest BCUT2D eigenvalue weighted by atomic mass is 16.2. The van der Waals surface area contributed by atoms with Crippen LogP contribution in [0.2, 0.25) is 0 Å². The number of hydrogen-bond acceptors (Lipinski definition) is 3. The van der Waals surface area contributed by atoms with Gasteiger partial charge in [0.2, 0.25) is 17.7 Å². The Balaban J connectivity index is 1.19. The van der Waals surface area contributed by atoms with Crippen LogP contribution in [0.15, 0.2) is 54.6 Å². The number of carbonyl (C=O) groups excluding carboxylic acids is 3. The molecule has 1 saturated heterocycles. The van der Waals surface area contributed by atoms with E-state index in [9.17, 15) is 14.4 Å². The second-order valence-corrected chi connectivity index (χ2v) is 8.52. The minimum Gasteiger partial charge on any atom is -0.325 e. The summed E-state index contributed by atoms with van der Waals surface area (Å²) in [5.41, 5.74) is 5.54. The molecule has 4 aliphatic rings. The lowest BCUT2D eigenvalue weighted by molar-refractivity contribution is -0.143. The fourth-order valence-electron chi connectivity index (χ4n) is 5.67. The second-order valence-electron chi connectivity index (χ2n) is 8.52. The Labute approximate surface area is 168 Å². The van der Waals surface area contributed by atoms with Gasteiger partial charge in [-0.05, 0) is 59.1 Å². The summed E-state index contributed by atoms with van der Waals surface area (Å²) in [6.07, 6.45) is 5.91. The Morgan fingerprint density at radius 2 is 1.62 bits per heavy atom. The molecule has 1 heterocycles. The first kappa shape index (κ1) is 16.7. The number of allylic oxidation sites excluding steroid dienone is 2. The van der Waals surface area contributed by atoms with Crippen LogP contribution in [0.3, 0.4) is 0 Å². The van der Waals surface area contributed by atoms with Crippen LogP contribution >= 0.6 is 0 Å². The number of anilines is 1. The quantitative estimate of drug-likeness (QED) is 0.558. The summed E-state index contributed by atoms with van der Waals surface area (Å²) in [6, 6.07) is 14.2. The summed E-state index contributed by atoms with van der Waals surface area (Å²) in [6.45, 7) is -0.211. The Kier molecular flexibility index (Phi) is 3.40. The van der Waals surface area contributed by atoms with Crippen molar-refractivity contribution in [3.63, 3.8) is 0 Å². The van der Waals surface area contributed by atoms with Gasteiger partial charge in [0.25, 0.3) is 0 Å². The summed E-state index contributed by atoms with van der Waals surface area (Å²) in [7, 11) is 0. The molecule has 4 unspecified atom stereocenters. The van der Waals surface area contributed by atoms with Crippen LogP contribution in [0.1, 0.15) is 17.5 Å². The zero-order valence-corrected chi connectivity index (χ0v) is 15.8. The topological polar surface area (TPSA) is 66.5 Å². The van der Waals surface area contributed by atoms with Crippen molar-refractivity contribution in [2.24, 2.45) is 23.7 Å². The van der Waals surface area contributed by atoms with Gasteiger partial charge in [0.05, 0.1) is 11.8 Å². The average Bonchev–Trinajstić information content (AvgIpc) is 3.47. The van der Waals surface area contributed by atoms with E-state index in [1.54, 1.807) is 0 Å². The van der Waals surface area contributed by atoms with Crippen LogP contribution in [-0.4, -0.2) is 29.2 Å². The zero-order valence-electron chi connectivity index (χ0n) is 15.8. The van der Waals surface area contributed by atoms with Crippen molar-refractivity contribution >= 4 is 23.4 Å². The lowest BCUT2D eigenvalue weighted by Gasteiger charge is -2.17. The standard InChI is InChI=1S/C24H20N2O3/c27-20(12-26-23(28)21-15-5-6-16(10-15)22(21)24(26)29)25-17-8-7-14-9-13-3-1-2-4-18(13)19(14)11-17/h1-8,11,15-16,21-22H,9-10,12H2,(H,25,27). The SMILES string of the molecule is O=C(CN1C(=O)C2C3C=CC(C3)C2C1=O)Nc1ccc2c(c1)-c1ccccc1C2. The average molecular weight is 384 g/mol. The van der Waals surface area contributed by atoms with E-state index in [0.717, 1.165) is 18.4 Å². The maximum absolute atomic E-state index is 12.8. The first-order valence-electron chi connectivity index (χ1n) is 10.1. The molecule has 0 aromatic heterocycles. The Morgan fingerprint density at radius 1 is 0.931 bits per heavy atom. The van der Waals surface area contributed by atoms with Crippen LogP contribution in [0.5, 0.6) is 0 Å². The number of imide groups is 1. The molecule has 5 heteroatoms. The second kappa shape index (κ2) is 5.89. The maximum Gasteiger partial charge on any atom is 0.244 e. The Hall–Kier alpha value is -3.21. The molecule has 2 aromatic carbocycles. The minimum absolute atomic E-state index is 0.159. The van der Waals surface area contributed by atoms with Gasteiger partial charge in [0.15, 0.2) is 0 Å². The molecule has 1 saturated carbocycles. The normalized spacial score (nSPS) is 27.9. The number of hydrogen-bond donors (Lipinski definition) is 1. The monoisotopic (exact) mass is 384 g/mol.